The lowest BCUT2D eigenvalue weighted by Gasteiger charge is -2.37. The van der Waals surface area contributed by atoms with E-state index in [0.717, 1.165) is 25.7 Å². The Bertz CT molecular complexity index is 139. The van der Waals surface area contributed by atoms with Crippen molar-refractivity contribution in [3.05, 3.63) is 0 Å². The van der Waals surface area contributed by atoms with E-state index in [0.29, 0.717) is 12.6 Å². The van der Waals surface area contributed by atoms with Crippen LogP contribution < -0.4 is 5.73 Å². The maximum atomic E-state index is 9.84. The number of aliphatic hydroxyl groups is 1. The van der Waals surface area contributed by atoms with Crippen LogP contribution in [0.15, 0.2) is 0 Å². The van der Waals surface area contributed by atoms with E-state index in [-0.39, 0.29) is 0 Å². The zero-order valence-corrected chi connectivity index (χ0v) is 8.08. The van der Waals surface area contributed by atoms with Crippen LogP contribution >= 0.6 is 0 Å². The fourth-order valence-corrected chi connectivity index (χ4v) is 1.86. The second-order valence-corrected chi connectivity index (χ2v) is 4.12. The number of hydrogen-bond donors (Lipinski definition) is 2. The SMILES string of the molecule is CN(C)C1CCC(O)(CN)CC1. The van der Waals surface area contributed by atoms with E-state index < -0.39 is 5.60 Å². The minimum absolute atomic E-state index is 0.410. The van der Waals surface area contributed by atoms with Crippen LogP contribution in [-0.2, 0) is 0 Å². The highest BCUT2D eigenvalue weighted by Crippen LogP contribution is 2.29. The standard InChI is InChI=1S/C9H20N2O/c1-11(2)8-3-5-9(12,7-10)6-4-8/h8,12H,3-7,10H2,1-2H3. The molecule has 0 atom stereocenters. The lowest BCUT2D eigenvalue weighted by atomic mass is 9.82. The van der Waals surface area contributed by atoms with Crippen LogP contribution in [0.3, 0.4) is 0 Å². The smallest absolute Gasteiger partial charge is 0.0770 e. The average molecular weight is 172 g/mol. The molecule has 3 nitrogen and oxygen atoms in total. The minimum Gasteiger partial charge on any atom is -0.389 e. The molecule has 0 aromatic carbocycles. The summed E-state index contributed by atoms with van der Waals surface area (Å²) < 4.78 is 0. The topological polar surface area (TPSA) is 49.5 Å². The molecule has 0 saturated heterocycles. The number of nitrogens with two attached hydrogens (primary N) is 1. The van der Waals surface area contributed by atoms with Crippen molar-refractivity contribution in [3.8, 4) is 0 Å². The van der Waals surface area contributed by atoms with Gasteiger partial charge in [0.05, 0.1) is 5.60 Å². The van der Waals surface area contributed by atoms with Crippen LogP contribution in [-0.4, -0.2) is 42.3 Å². The average Bonchev–Trinajstić information content (AvgIpc) is 2.05. The Hall–Kier alpha value is -0.120. The van der Waals surface area contributed by atoms with Crippen molar-refractivity contribution in [2.75, 3.05) is 20.6 Å². The first-order chi connectivity index (χ1) is 5.57. The van der Waals surface area contributed by atoms with Crippen LogP contribution in [0.2, 0.25) is 0 Å². The Kier molecular flexibility index (Phi) is 3.09. The third kappa shape index (κ3) is 2.19. The van der Waals surface area contributed by atoms with Gasteiger partial charge in [0.1, 0.15) is 0 Å². The zero-order valence-electron chi connectivity index (χ0n) is 8.08. The molecule has 0 aliphatic heterocycles. The van der Waals surface area contributed by atoms with E-state index in [1.807, 2.05) is 0 Å². The van der Waals surface area contributed by atoms with E-state index in [1.54, 1.807) is 0 Å². The van der Waals surface area contributed by atoms with Gasteiger partial charge in [-0.05, 0) is 39.8 Å². The van der Waals surface area contributed by atoms with E-state index in [1.165, 1.54) is 0 Å². The summed E-state index contributed by atoms with van der Waals surface area (Å²) in [4.78, 5) is 2.23. The first kappa shape index (κ1) is 9.96. The van der Waals surface area contributed by atoms with Crippen molar-refractivity contribution in [2.45, 2.75) is 37.3 Å². The van der Waals surface area contributed by atoms with Gasteiger partial charge in [0, 0.05) is 12.6 Å². The quantitative estimate of drug-likeness (QED) is 0.625. The molecule has 0 aromatic heterocycles. The first-order valence-electron chi connectivity index (χ1n) is 4.66. The molecular formula is C9H20N2O. The molecule has 1 aliphatic carbocycles. The molecular weight excluding hydrogens is 152 g/mol. The third-order valence-electron chi connectivity index (χ3n) is 3.00. The molecule has 0 amide bonds. The molecule has 0 aromatic rings. The van der Waals surface area contributed by atoms with Gasteiger partial charge in [-0.15, -0.1) is 0 Å². The molecule has 1 rings (SSSR count). The highest BCUT2D eigenvalue weighted by molar-refractivity contribution is 4.88. The summed E-state index contributed by atoms with van der Waals surface area (Å²) in [5.74, 6) is 0. The van der Waals surface area contributed by atoms with E-state index in [9.17, 15) is 5.11 Å². The minimum atomic E-state index is -0.563. The van der Waals surface area contributed by atoms with Crippen molar-refractivity contribution >= 4 is 0 Å². The second-order valence-electron chi connectivity index (χ2n) is 4.12. The summed E-state index contributed by atoms with van der Waals surface area (Å²) in [7, 11) is 4.19. The summed E-state index contributed by atoms with van der Waals surface area (Å²) in [5.41, 5.74) is 4.93. The molecule has 0 radical (unpaired) electrons. The Morgan fingerprint density at radius 2 is 1.92 bits per heavy atom. The fourth-order valence-electron chi connectivity index (χ4n) is 1.86. The molecule has 1 saturated carbocycles. The summed E-state index contributed by atoms with van der Waals surface area (Å²) in [5, 5.41) is 9.84. The van der Waals surface area contributed by atoms with Gasteiger partial charge in [0.15, 0.2) is 0 Å². The molecule has 72 valence electrons. The van der Waals surface area contributed by atoms with Gasteiger partial charge in [-0.3, -0.25) is 0 Å². The van der Waals surface area contributed by atoms with Crippen LogP contribution in [0.5, 0.6) is 0 Å². The van der Waals surface area contributed by atoms with E-state index in [4.69, 9.17) is 5.73 Å². The summed E-state index contributed by atoms with van der Waals surface area (Å²) in [6, 6.07) is 0.636. The van der Waals surface area contributed by atoms with Gasteiger partial charge in [0.25, 0.3) is 0 Å². The highest BCUT2D eigenvalue weighted by Gasteiger charge is 2.32. The monoisotopic (exact) mass is 172 g/mol. The number of nitrogens with zero attached hydrogens (tertiary/aromatic N) is 1. The first-order valence-corrected chi connectivity index (χ1v) is 4.66. The van der Waals surface area contributed by atoms with Crippen molar-refractivity contribution in [1.29, 1.82) is 0 Å². The van der Waals surface area contributed by atoms with E-state index >= 15 is 0 Å². The Balaban J connectivity index is 2.39. The Morgan fingerprint density at radius 3 is 2.25 bits per heavy atom. The predicted molar refractivity (Wildman–Crippen MR) is 49.9 cm³/mol. The van der Waals surface area contributed by atoms with Crippen molar-refractivity contribution < 1.29 is 5.11 Å². The summed E-state index contributed by atoms with van der Waals surface area (Å²) in [6.45, 7) is 0.410. The van der Waals surface area contributed by atoms with Gasteiger partial charge in [-0.1, -0.05) is 0 Å². The van der Waals surface area contributed by atoms with Crippen molar-refractivity contribution in [1.82, 2.24) is 4.90 Å². The molecule has 0 unspecified atom stereocenters. The van der Waals surface area contributed by atoms with Gasteiger partial charge in [0.2, 0.25) is 0 Å². The van der Waals surface area contributed by atoms with Crippen molar-refractivity contribution in [3.63, 3.8) is 0 Å². The van der Waals surface area contributed by atoms with Gasteiger partial charge < -0.3 is 15.7 Å². The molecule has 0 heterocycles. The van der Waals surface area contributed by atoms with Crippen LogP contribution in [0, 0.1) is 0 Å². The highest BCUT2D eigenvalue weighted by atomic mass is 16.3. The molecule has 0 bridgehead atoms. The third-order valence-corrected chi connectivity index (χ3v) is 3.00. The van der Waals surface area contributed by atoms with Crippen LogP contribution in [0.25, 0.3) is 0 Å². The Morgan fingerprint density at radius 1 is 1.42 bits per heavy atom. The van der Waals surface area contributed by atoms with Gasteiger partial charge in [-0.25, -0.2) is 0 Å². The molecule has 1 fully saturated rings. The largest absolute Gasteiger partial charge is 0.389 e. The number of rotatable bonds is 2. The molecule has 3 heteroatoms. The maximum absolute atomic E-state index is 9.84. The maximum Gasteiger partial charge on any atom is 0.0770 e. The molecule has 0 spiro atoms. The van der Waals surface area contributed by atoms with E-state index in [2.05, 4.69) is 19.0 Å². The molecule has 12 heavy (non-hydrogen) atoms. The summed E-state index contributed by atoms with van der Waals surface area (Å²) in [6.07, 6.45) is 3.85. The lowest BCUT2D eigenvalue weighted by molar-refractivity contribution is -0.00635. The second kappa shape index (κ2) is 3.73. The van der Waals surface area contributed by atoms with Crippen molar-refractivity contribution in [2.24, 2.45) is 5.73 Å². The van der Waals surface area contributed by atoms with Gasteiger partial charge in [-0.2, -0.15) is 0 Å². The predicted octanol–water partition coefficient (Wildman–Crippen LogP) is 0.180. The van der Waals surface area contributed by atoms with Gasteiger partial charge >= 0.3 is 0 Å². The zero-order chi connectivity index (χ0) is 9.19. The lowest BCUT2D eigenvalue weighted by Crippen LogP contribution is -2.45. The normalized spacial score (nSPS) is 37.2. The fraction of sp³-hybridized carbons (Fsp3) is 1.00. The molecule has 3 N–H and O–H groups in total. The van der Waals surface area contributed by atoms with Crippen LogP contribution in [0.1, 0.15) is 25.7 Å². The number of hydrogen-bond acceptors (Lipinski definition) is 3. The molecule has 1 aliphatic rings. The Labute approximate surface area is 74.5 Å². The summed E-state index contributed by atoms with van der Waals surface area (Å²) >= 11 is 0. The van der Waals surface area contributed by atoms with Crippen LogP contribution in [0.4, 0.5) is 0 Å².